The quantitative estimate of drug-likeness (QED) is 0.513. The smallest absolute Gasteiger partial charge is 0.269 e. The predicted octanol–water partition coefficient (Wildman–Crippen LogP) is -0.318. The highest BCUT2D eigenvalue weighted by Crippen LogP contribution is 2.14. The van der Waals surface area contributed by atoms with E-state index in [1.165, 1.54) is 13.3 Å². The fourth-order valence-corrected chi connectivity index (χ4v) is 0.415. The number of nitrogens with zero attached hydrogens (tertiary/aromatic N) is 3. The standard InChI is InChI=1S/C4H6N4O/c1-4(3(5)9)6-2-7-8-4/h2H,1H3,(H2,5,9). The number of azo groups is 1. The summed E-state index contributed by atoms with van der Waals surface area (Å²) in [4.78, 5) is 14.1. The van der Waals surface area contributed by atoms with Gasteiger partial charge in [-0.15, -0.1) is 10.2 Å². The van der Waals surface area contributed by atoms with Crippen LogP contribution in [0.3, 0.4) is 0 Å². The Morgan fingerprint density at radius 2 is 2.44 bits per heavy atom. The number of primary amides is 1. The van der Waals surface area contributed by atoms with Crippen molar-refractivity contribution in [3.05, 3.63) is 0 Å². The summed E-state index contributed by atoms with van der Waals surface area (Å²) in [6.45, 7) is 1.50. The first-order valence-electron chi connectivity index (χ1n) is 2.41. The Bertz CT molecular complexity index is 183. The number of aliphatic imine (C=N–C) groups is 1. The van der Waals surface area contributed by atoms with Crippen LogP contribution in [-0.4, -0.2) is 17.9 Å². The van der Waals surface area contributed by atoms with E-state index in [1.54, 1.807) is 0 Å². The molecule has 0 aromatic rings. The maximum Gasteiger partial charge on any atom is 0.269 e. The molecule has 1 unspecified atom stereocenters. The van der Waals surface area contributed by atoms with E-state index in [0.717, 1.165) is 0 Å². The lowest BCUT2D eigenvalue weighted by Crippen LogP contribution is -2.35. The molecule has 0 aliphatic carbocycles. The Kier molecular flexibility index (Phi) is 1.05. The van der Waals surface area contributed by atoms with Gasteiger partial charge in [-0.2, -0.15) is 0 Å². The number of rotatable bonds is 1. The molecule has 1 rings (SSSR count). The van der Waals surface area contributed by atoms with Crippen LogP contribution in [0.2, 0.25) is 0 Å². The summed E-state index contributed by atoms with van der Waals surface area (Å²) in [5.74, 6) is -0.583. The Hall–Kier alpha value is -1.26. The first-order valence-corrected chi connectivity index (χ1v) is 2.41. The van der Waals surface area contributed by atoms with Crippen LogP contribution >= 0.6 is 0 Å². The third-order valence-corrected chi connectivity index (χ3v) is 1.08. The van der Waals surface area contributed by atoms with E-state index in [0.29, 0.717) is 0 Å². The normalized spacial score (nSPS) is 31.2. The van der Waals surface area contributed by atoms with E-state index in [9.17, 15) is 4.79 Å². The number of nitrogens with two attached hydrogens (primary N) is 1. The molecule has 0 bridgehead atoms. The van der Waals surface area contributed by atoms with Crippen LogP contribution in [0.1, 0.15) is 6.92 Å². The van der Waals surface area contributed by atoms with Gasteiger partial charge in [0.2, 0.25) is 5.66 Å². The van der Waals surface area contributed by atoms with E-state index in [4.69, 9.17) is 5.73 Å². The van der Waals surface area contributed by atoms with Crippen LogP contribution in [0.25, 0.3) is 0 Å². The van der Waals surface area contributed by atoms with Gasteiger partial charge in [-0.25, -0.2) is 4.99 Å². The molecule has 2 N–H and O–H groups in total. The molecule has 1 heterocycles. The minimum atomic E-state index is -1.14. The Morgan fingerprint density at radius 3 is 2.67 bits per heavy atom. The molecule has 1 aliphatic heterocycles. The summed E-state index contributed by atoms with van der Waals surface area (Å²) in [5.41, 5.74) is 3.79. The molecule has 0 aromatic heterocycles. The summed E-state index contributed by atoms with van der Waals surface area (Å²) in [5, 5.41) is 6.89. The molecule has 0 fully saturated rings. The molecule has 1 amide bonds. The fourth-order valence-electron chi connectivity index (χ4n) is 0.415. The van der Waals surface area contributed by atoms with Gasteiger partial charge in [0.15, 0.2) is 0 Å². The molecular weight excluding hydrogens is 120 g/mol. The van der Waals surface area contributed by atoms with E-state index in [2.05, 4.69) is 15.2 Å². The van der Waals surface area contributed by atoms with Crippen LogP contribution in [0.4, 0.5) is 0 Å². The second-order valence-corrected chi connectivity index (χ2v) is 1.85. The third kappa shape index (κ3) is 0.802. The number of carbonyl (C=O) groups is 1. The molecule has 0 saturated heterocycles. The van der Waals surface area contributed by atoms with Gasteiger partial charge in [0.05, 0.1) is 0 Å². The summed E-state index contributed by atoms with van der Waals surface area (Å²) in [6.07, 6.45) is 1.21. The number of amides is 1. The number of hydrogen-bond acceptors (Lipinski definition) is 4. The van der Waals surface area contributed by atoms with Crippen molar-refractivity contribution in [1.82, 2.24) is 0 Å². The largest absolute Gasteiger partial charge is 0.366 e. The average Bonchev–Trinajstić information content (AvgIpc) is 2.16. The molecular formula is C4H6N4O. The van der Waals surface area contributed by atoms with Crippen molar-refractivity contribution in [2.75, 3.05) is 0 Å². The second kappa shape index (κ2) is 1.61. The van der Waals surface area contributed by atoms with Crippen LogP contribution in [0, 0.1) is 0 Å². The minimum absolute atomic E-state index is 0.583. The summed E-state index contributed by atoms with van der Waals surface area (Å²) in [6, 6.07) is 0. The van der Waals surface area contributed by atoms with Gasteiger partial charge >= 0.3 is 0 Å². The van der Waals surface area contributed by atoms with Crippen molar-refractivity contribution < 1.29 is 4.79 Å². The maximum absolute atomic E-state index is 10.5. The van der Waals surface area contributed by atoms with Crippen molar-refractivity contribution >= 4 is 12.2 Å². The molecule has 1 atom stereocenters. The van der Waals surface area contributed by atoms with Gasteiger partial charge in [0.25, 0.3) is 5.91 Å². The zero-order valence-corrected chi connectivity index (χ0v) is 4.90. The first-order chi connectivity index (χ1) is 4.15. The third-order valence-electron chi connectivity index (χ3n) is 1.08. The number of hydrogen-bond donors (Lipinski definition) is 1. The highest BCUT2D eigenvalue weighted by Gasteiger charge is 2.31. The summed E-state index contributed by atoms with van der Waals surface area (Å²) in [7, 11) is 0. The highest BCUT2D eigenvalue weighted by molar-refractivity contribution is 5.86. The molecule has 5 nitrogen and oxygen atoms in total. The fraction of sp³-hybridized carbons (Fsp3) is 0.500. The van der Waals surface area contributed by atoms with Gasteiger partial charge < -0.3 is 5.73 Å². The van der Waals surface area contributed by atoms with Gasteiger partial charge in [-0.05, 0) is 6.92 Å². The Morgan fingerprint density at radius 1 is 1.78 bits per heavy atom. The van der Waals surface area contributed by atoms with E-state index >= 15 is 0 Å². The van der Waals surface area contributed by atoms with E-state index in [1.807, 2.05) is 0 Å². The maximum atomic E-state index is 10.5. The molecule has 0 saturated carbocycles. The van der Waals surface area contributed by atoms with Crippen LogP contribution in [0.15, 0.2) is 15.2 Å². The first kappa shape index (κ1) is 5.87. The molecule has 1 aliphatic rings. The van der Waals surface area contributed by atoms with Gasteiger partial charge in [-0.3, -0.25) is 4.79 Å². The zero-order valence-electron chi connectivity index (χ0n) is 4.90. The molecule has 0 aromatic carbocycles. The Labute approximate surface area is 51.7 Å². The second-order valence-electron chi connectivity index (χ2n) is 1.85. The van der Waals surface area contributed by atoms with Crippen LogP contribution in [-0.2, 0) is 4.79 Å². The molecule has 9 heavy (non-hydrogen) atoms. The summed E-state index contributed by atoms with van der Waals surface area (Å²) >= 11 is 0. The zero-order chi connectivity index (χ0) is 6.91. The summed E-state index contributed by atoms with van der Waals surface area (Å²) < 4.78 is 0. The van der Waals surface area contributed by atoms with Crippen molar-refractivity contribution in [3.63, 3.8) is 0 Å². The lowest BCUT2D eigenvalue weighted by molar-refractivity contribution is -0.122. The predicted molar refractivity (Wildman–Crippen MR) is 30.9 cm³/mol. The van der Waals surface area contributed by atoms with E-state index < -0.39 is 11.6 Å². The number of carbonyl (C=O) groups excluding carboxylic acids is 1. The van der Waals surface area contributed by atoms with E-state index in [-0.39, 0.29) is 0 Å². The molecule has 0 radical (unpaired) electrons. The lowest BCUT2D eigenvalue weighted by Gasteiger charge is -2.07. The topological polar surface area (TPSA) is 80.2 Å². The molecule has 48 valence electrons. The van der Waals surface area contributed by atoms with Gasteiger partial charge in [0, 0.05) is 0 Å². The van der Waals surface area contributed by atoms with Crippen molar-refractivity contribution in [1.29, 1.82) is 0 Å². The van der Waals surface area contributed by atoms with Crippen molar-refractivity contribution in [2.24, 2.45) is 21.0 Å². The van der Waals surface area contributed by atoms with Gasteiger partial charge in [0.1, 0.15) is 6.34 Å². The lowest BCUT2D eigenvalue weighted by atomic mass is 10.2. The monoisotopic (exact) mass is 126 g/mol. The minimum Gasteiger partial charge on any atom is -0.366 e. The SMILES string of the molecule is CC1(C(N)=O)N=CN=N1. The van der Waals surface area contributed by atoms with Crippen molar-refractivity contribution in [2.45, 2.75) is 12.6 Å². The van der Waals surface area contributed by atoms with Crippen molar-refractivity contribution in [3.8, 4) is 0 Å². The molecule has 0 spiro atoms. The average molecular weight is 126 g/mol. The van der Waals surface area contributed by atoms with Crippen LogP contribution < -0.4 is 5.73 Å². The highest BCUT2D eigenvalue weighted by atomic mass is 16.2. The van der Waals surface area contributed by atoms with Gasteiger partial charge in [-0.1, -0.05) is 0 Å². The van der Waals surface area contributed by atoms with Crippen LogP contribution in [0.5, 0.6) is 0 Å². The molecule has 5 heteroatoms. The Balaban J connectivity index is 2.88.